The highest BCUT2D eigenvalue weighted by atomic mass is 35.5. The van der Waals surface area contributed by atoms with E-state index in [1.165, 1.54) is 12.3 Å². The standard InChI is InChI=1S/C11H14ClN3O2/c1-7-6-15(2-3-17-7)11(16)8-4-10(12)14-5-9(8)13/h4-5,7H,2-3,6,13H2,1H3. The Hall–Kier alpha value is -1.33. The molecule has 2 rings (SSSR count). The summed E-state index contributed by atoms with van der Waals surface area (Å²) in [6.45, 7) is 3.62. The van der Waals surface area contributed by atoms with Gasteiger partial charge in [-0.2, -0.15) is 0 Å². The summed E-state index contributed by atoms with van der Waals surface area (Å²) in [5, 5.41) is 0.267. The molecule has 1 aliphatic heterocycles. The molecule has 1 atom stereocenters. The number of nitrogens with zero attached hydrogens (tertiary/aromatic N) is 2. The quantitative estimate of drug-likeness (QED) is 0.765. The van der Waals surface area contributed by atoms with Gasteiger partial charge in [0.25, 0.3) is 5.91 Å². The van der Waals surface area contributed by atoms with Gasteiger partial charge in [-0.1, -0.05) is 11.6 Å². The van der Waals surface area contributed by atoms with Gasteiger partial charge in [0.15, 0.2) is 0 Å². The molecule has 0 bridgehead atoms. The lowest BCUT2D eigenvalue weighted by Gasteiger charge is -2.31. The Balaban J connectivity index is 2.21. The van der Waals surface area contributed by atoms with Crippen LogP contribution in [0.3, 0.4) is 0 Å². The van der Waals surface area contributed by atoms with E-state index in [2.05, 4.69) is 4.98 Å². The summed E-state index contributed by atoms with van der Waals surface area (Å²) < 4.78 is 5.38. The Morgan fingerprint density at radius 1 is 1.71 bits per heavy atom. The molecule has 1 aliphatic rings. The number of rotatable bonds is 1. The molecule has 0 aliphatic carbocycles. The lowest BCUT2D eigenvalue weighted by Crippen LogP contribution is -2.44. The smallest absolute Gasteiger partial charge is 0.256 e. The lowest BCUT2D eigenvalue weighted by atomic mass is 10.2. The van der Waals surface area contributed by atoms with Crippen molar-refractivity contribution in [2.45, 2.75) is 13.0 Å². The number of halogens is 1. The van der Waals surface area contributed by atoms with Crippen LogP contribution < -0.4 is 5.73 Å². The van der Waals surface area contributed by atoms with Crippen molar-refractivity contribution in [3.63, 3.8) is 0 Å². The first-order chi connectivity index (χ1) is 8.08. The van der Waals surface area contributed by atoms with E-state index in [4.69, 9.17) is 22.1 Å². The Bertz CT molecular complexity index is 439. The molecule has 1 fully saturated rings. The highest BCUT2D eigenvalue weighted by Gasteiger charge is 2.24. The number of carbonyl (C=O) groups is 1. The normalized spacial score (nSPS) is 20.4. The predicted octanol–water partition coefficient (Wildman–Crippen LogP) is 1.18. The summed E-state index contributed by atoms with van der Waals surface area (Å²) in [5.41, 5.74) is 6.48. The van der Waals surface area contributed by atoms with Gasteiger partial charge in [0.2, 0.25) is 0 Å². The molecule has 1 aromatic rings. The van der Waals surface area contributed by atoms with Crippen LogP contribution in [0.2, 0.25) is 5.15 Å². The monoisotopic (exact) mass is 255 g/mol. The zero-order valence-corrected chi connectivity index (χ0v) is 10.3. The number of aromatic nitrogens is 1. The number of carbonyl (C=O) groups excluding carboxylic acids is 1. The SMILES string of the molecule is CC1CN(C(=O)c2cc(Cl)ncc2N)CCO1. The van der Waals surface area contributed by atoms with Crippen molar-refractivity contribution in [3.8, 4) is 0 Å². The van der Waals surface area contributed by atoms with Crippen molar-refractivity contribution >= 4 is 23.2 Å². The Labute approximate surface area is 105 Å². The number of anilines is 1. The van der Waals surface area contributed by atoms with Gasteiger partial charge in [-0.05, 0) is 13.0 Å². The van der Waals surface area contributed by atoms with Crippen LogP contribution >= 0.6 is 11.6 Å². The Kier molecular flexibility index (Phi) is 3.49. The van der Waals surface area contributed by atoms with Crippen molar-refractivity contribution in [1.82, 2.24) is 9.88 Å². The highest BCUT2D eigenvalue weighted by Crippen LogP contribution is 2.18. The van der Waals surface area contributed by atoms with Gasteiger partial charge in [-0.3, -0.25) is 4.79 Å². The molecule has 1 saturated heterocycles. The van der Waals surface area contributed by atoms with Gasteiger partial charge in [0.05, 0.1) is 30.2 Å². The van der Waals surface area contributed by atoms with Crippen LogP contribution in [0.4, 0.5) is 5.69 Å². The van der Waals surface area contributed by atoms with E-state index in [-0.39, 0.29) is 17.2 Å². The first-order valence-corrected chi connectivity index (χ1v) is 5.77. The predicted molar refractivity (Wildman–Crippen MR) is 65.0 cm³/mol. The van der Waals surface area contributed by atoms with Crippen LogP contribution in [-0.2, 0) is 4.74 Å². The van der Waals surface area contributed by atoms with Crippen LogP contribution in [0.25, 0.3) is 0 Å². The van der Waals surface area contributed by atoms with Gasteiger partial charge in [0.1, 0.15) is 5.15 Å². The molecule has 1 aromatic heterocycles. The van der Waals surface area contributed by atoms with E-state index in [1.807, 2.05) is 6.92 Å². The molecule has 6 heteroatoms. The third-order valence-electron chi connectivity index (χ3n) is 2.66. The molecular weight excluding hydrogens is 242 g/mol. The van der Waals surface area contributed by atoms with Gasteiger partial charge in [-0.15, -0.1) is 0 Å². The number of nitrogens with two attached hydrogens (primary N) is 1. The summed E-state index contributed by atoms with van der Waals surface area (Å²) in [6, 6.07) is 1.50. The van der Waals surface area contributed by atoms with Gasteiger partial charge < -0.3 is 15.4 Å². The molecule has 2 heterocycles. The van der Waals surface area contributed by atoms with Crippen molar-refractivity contribution in [3.05, 3.63) is 23.0 Å². The molecule has 17 heavy (non-hydrogen) atoms. The summed E-state index contributed by atoms with van der Waals surface area (Å²) in [5.74, 6) is -0.123. The van der Waals surface area contributed by atoms with Crippen molar-refractivity contribution in [1.29, 1.82) is 0 Å². The fourth-order valence-corrected chi connectivity index (χ4v) is 1.96. The zero-order chi connectivity index (χ0) is 12.4. The van der Waals surface area contributed by atoms with Crippen molar-refractivity contribution in [2.75, 3.05) is 25.4 Å². The molecule has 0 saturated carbocycles. The van der Waals surface area contributed by atoms with Gasteiger partial charge >= 0.3 is 0 Å². The molecular formula is C11H14ClN3O2. The van der Waals surface area contributed by atoms with E-state index in [9.17, 15) is 4.79 Å². The molecule has 5 nitrogen and oxygen atoms in total. The lowest BCUT2D eigenvalue weighted by molar-refractivity contribution is -0.0123. The second-order valence-corrected chi connectivity index (χ2v) is 4.41. The average Bonchev–Trinajstić information content (AvgIpc) is 2.31. The number of hydrogen-bond acceptors (Lipinski definition) is 4. The van der Waals surface area contributed by atoms with Gasteiger partial charge in [-0.25, -0.2) is 4.98 Å². The Morgan fingerprint density at radius 3 is 3.18 bits per heavy atom. The largest absolute Gasteiger partial charge is 0.397 e. The molecule has 0 spiro atoms. The summed E-state index contributed by atoms with van der Waals surface area (Å²) >= 11 is 5.77. The highest BCUT2D eigenvalue weighted by molar-refractivity contribution is 6.29. The fraction of sp³-hybridized carbons (Fsp3) is 0.455. The third-order valence-corrected chi connectivity index (χ3v) is 2.87. The van der Waals surface area contributed by atoms with E-state index >= 15 is 0 Å². The molecule has 2 N–H and O–H groups in total. The number of pyridine rings is 1. The van der Waals surface area contributed by atoms with Gasteiger partial charge in [0, 0.05) is 13.1 Å². The number of morpholine rings is 1. The van der Waals surface area contributed by atoms with E-state index in [0.717, 1.165) is 0 Å². The third kappa shape index (κ3) is 2.68. The van der Waals surface area contributed by atoms with Crippen molar-refractivity contribution < 1.29 is 9.53 Å². The van der Waals surface area contributed by atoms with Crippen LogP contribution in [-0.4, -0.2) is 41.6 Å². The van der Waals surface area contributed by atoms with Crippen LogP contribution in [0.15, 0.2) is 12.3 Å². The number of hydrogen-bond donors (Lipinski definition) is 1. The zero-order valence-electron chi connectivity index (χ0n) is 9.52. The molecule has 0 aromatic carbocycles. The molecule has 92 valence electrons. The maximum absolute atomic E-state index is 12.2. The molecule has 1 amide bonds. The maximum atomic E-state index is 12.2. The van der Waals surface area contributed by atoms with E-state index in [1.54, 1.807) is 4.90 Å². The van der Waals surface area contributed by atoms with Crippen LogP contribution in [0.1, 0.15) is 17.3 Å². The minimum absolute atomic E-state index is 0.0474. The average molecular weight is 256 g/mol. The van der Waals surface area contributed by atoms with Crippen molar-refractivity contribution in [2.24, 2.45) is 0 Å². The Morgan fingerprint density at radius 2 is 2.47 bits per heavy atom. The number of nitrogen functional groups attached to an aromatic ring is 1. The van der Waals surface area contributed by atoms with Crippen LogP contribution in [0.5, 0.6) is 0 Å². The number of amides is 1. The summed E-state index contributed by atoms with van der Waals surface area (Å²) in [4.78, 5) is 17.8. The maximum Gasteiger partial charge on any atom is 0.256 e. The first-order valence-electron chi connectivity index (χ1n) is 5.40. The number of ether oxygens (including phenoxy) is 1. The molecule has 0 radical (unpaired) electrons. The summed E-state index contributed by atoms with van der Waals surface area (Å²) in [6.07, 6.45) is 1.45. The minimum Gasteiger partial charge on any atom is -0.397 e. The first kappa shape index (κ1) is 12.1. The minimum atomic E-state index is -0.123. The molecule has 1 unspecified atom stereocenters. The van der Waals surface area contributed by atoms with E-state index in [0.29, 0.717) is 30.9 Å². The second kappa shape index (κ2) is 4.89. The summed E-state index contributed by atoms with van der Waals surface area (Å²) in [7, 11) is 0. The topological polar surface area (TPSA) is 68.5 Å². The fourth-order valence-electron chi connectivity index (χ4n) is 1.80. The van der Waals surface area contributed by atoms with Crippen LogP contribution in [0, 0.1) is 0 Å². The van der Waals surface area contributed by atoms with E-state index < -0.39 is 0 Å². The second-order valence-electron chi connectivity index (χ2n) is 4.03.